The minimum atomic E-state index is -3.38. The third kappa shape index (κ3) is 3.78. The molecule has 1 saturated carbocycles. The number of rotatable bonds is 4. The molecule has 0 spiro atoms. The quantitative estimate of drug-likeness (QED) is 0.885. The van der Waals surface area contributed by atoms with Crippen LogP contribution in [-0.4, -0.2) is 27.5 Å². The fourth-order valence-corrected chi connectivity index (χ4v) is 3.98. The summed E-state index contributed by atoms with van der Waals surface area (Å²) < 4.78 is 27.4. The zero-order chi connectivity index (χ0) is 13.9. The average Bonchev–Trinajstić information content (AvgIpc) is 2.39. The zero-order valence-electron chi connectivity index (χ0n) is 11.5. The van der Waals surface area contributed by atoms with E-state index < -0.39 is 10.0 Å². The van der Waals surface area contributed by atoms with Gasteiger partial charge >= 0.3 is 0 Å². The van der Waals surface area contributed by atoms with Crippen LogP contribution in [0.4, 0.5) is 0 Å². The number of hydrogen-bond acceptors (Lipinski definition) is 3. The van der Waals surface area contributed by atoms with Crippen LogP contribution in [0, 0.1) is 6.92 Å². The summed E-state index contributed by atoms with van der Waals surface area (Å²) in [4.78, 5) is 0.364. The lowest BCUT2D eigenvalue weighted by Crippen LogP contribution is -2.41. The third-order valence-electron chi connectivity index (χ3n) is 3.76. The Labute approximate surface area is 115 Å². The Morgan fingerprint density at radius 3 is 2.32 bits per heavy atom. The van der Waals surface area contributed by atoms with Crippen LogP contribution in [0.15, 0.2) is 29.2 Å². The van der Waals surface area contributed by atoms with Gasteiger partial charge in [-0.15, -0.1) is 0 Å². The van der Waals surface area contributed by atoms with Gasteiger partial charge in [-0.1, -0.05) is 12.1 Å². The van der Waals surface area contributed by atoms with Crippen LogP contribution >= 0.6 is 0 Å². The van der Waals surface area contributed by atoms with Crippen molar-refractivity contribution >= 4 is 10.0 Å². The van der Waals surface area contributed by atoms with Gasteiger partial charge in [0.15, 0.2) is 0 Å². The predicted octanol–water partition coefficient (Wildman–Crippen LogP) is 1.80. The maximum atomic E-state index is 12.3. The first-order valence-electron chi connectivity index (χ1n) is 6.77. The summed E-state index contributed by atoms with van der Waals surface area (Å²) >= 11 is 0. The van der Waals surface area contributed by atoms with Gasteiger partial charge in [-0.05, 0) is 57.4 Å². The number of sulfonamides is 1. The van der Waals surface area contributed by atoms with Crippen molar-refractivity contribution < 1.29 is 8.42 Å². The van der Waals surface area contributed by atoms with Gasteiger partial charge < -0.3 is 5.32 Å². The molecule has 0 amide bonds. The van der Waals surface area contributed by atoms with E-state index in [0.717, 1.165) is 31.2 Å². The van der Waals surface area contributed by atoms with E-state index in [1.807, 2.05) is 20.0 Å². The van der Waals surface area contributed by atoms with Crippen molar-refractivity contribution in [1.29, 1.82) is 0 Å². The Bertz CT molecular complexity index is 520. The fraction of sp³-hybridized carbons (Fsp3) is 0.571. The van der Waals surface area contributed by atoms with E-state index in [1.165, 1.54) is 0 Å². The predicted molar refractivity (Wildman–Crippen MR) is 76.6 cm³/mol. The number of aryl methyl sites for hydroxylation is 1. The van der Waals surface area contributed by atoms with Crippen LogP contribution in [0.2, 0.25) is 0 Å². The van der Waals surface area contributed by atoms with E-state index in [1.54, 1.807) is 18.2 Å². The summed E-state index contributed by atoms with van der Waals surface area (Å²) in [6.45, 7) is 1.90. The Kier molecular flexibility index (Phi) is 4.60. The standard InChI is InChI=1S/C14H22N2O2S/c1-11-4-3-5-14(10-11)19(17,18)16-13-8-6-12(15-2)7-9-13/h3-5,10,12-13,15-16H,6-9H2,1-2H3. The summed E-state index contributed by atoms with van der Waals surface area (Å²) in [6, 6.07) is 7.63. The highest BCUT2D eigenvalue weighted by Crippen LogP contribution is 2.20. The molecule has 1 aliphatic rings. The summed E-state index contributed by atoms with van der Waals surface area (Å²) in [6.07, 6.45) is 3.85. The maximum absolute atomic E-state index is 12.3. The van der Waals surface area contributed by atoms with Crippen molar-refractivity contribution in [2.45, 2.75) is 49.6 Å². The van der Waals surface area contributed by atoms with E-state index in [0.29, 0.717) is 10.9 Å². The molecule has 0 bridgehead atoms. The number of nitrogens with one attached hydrogen (secondary N) is 2. The second-order valence-corrected chi connectivity index (χ2v) is 6.99. The van der Waals surface area contributed by atoms with Crippen LogP contribution in [0.25, 0.3) is 0 Å². The molecular weight excluding hydrogens is 260 g/mol. The lowest BCUT2D eigenvalue weighted by Gasteiger charge is -2.28. The summed E-state index contributed by atoms with van der Waals surface area (Å²) in [7, 11) is -1.42. The van der Waals surface area contributed by atoms with E-state index in [2.05, 4.69) is 10.0 Å². The maximum Gasteiger partial charge on any atom is 0.240 e. The van der Waals surface area contributed by atoms with E-state index in [9.17, 15) is 8.42 Å². The largest absolute Gasteiger partial charge is 0.317 e. The molecule has 19 heavy (non-hydrogen) atoms. The molecular formula is C14H22N2O2S. The van der Waals surface area contributed by atoms with Crippen molar-refractivity contribution in [3.05, 3.63) is 29.8 Å². The Balaban J connectivity index is 2.02. The van der Waals surface area contributed by atoms with Gasteiger partial charge in [0, 0.05) is 12.1 Å². The lowest BCUT2D eigenvalue weighted by molar-refractivity contribution is 0.343. The Morgan fingerprint density at radius 2 is 1.74 bits per heavy atom. The molecule has 0 aromatic heterocycles. The van der Waals surface area contributed by atoms with Crippen molar-refractivity contribution in [2.75, 3.05) is 7.05 Å². The monoisotopic (exact) mass is 282 g/mol. The molecule has 1 aromatic carbocycles. The van der Waals surface area contributed by atoms with Gasteiger partial charge in [-0.3, -0.25) is 0 Å². The van der Waals surface area contributed by atoms with Gasteiger partial charge in [-0.25, -0.2) is 13.1 Å². The molecule has 0 unspecified atom stereocenters. The van der Waals surface area contributed by atoms with Crippen LogP contribution < -0.4 is 10.0 Å². The number of hydrogen-bond donors (Lipinski definition) is 2. The van der Waals surface area contributed by atoms with E-state index in [-0.39, 0.29) is 6.04 Å². The van der Waals surface area contributed by atoms with Gasteiger partial charge in [0.05, 0.1) is 4.90 Å². The summed E-state index contributed by atoms with van der Waals surface area (Å²) in [5.41, 5.74) is 0.960. The second kappa shape index (κ2) is 6.03. The van der Waals surface area contributed by atoms with Crippen LogP contribution in [0.1, 0.15) is 31.2 Å². The molecule has 1 aliphatic carbocycles. The molecule has 106 valence electrons. The molecule has 2 rings (SSSR count). The molecule has 0 heterocycles. The molecule has 0 atom stereocenters. The van der Waals surface area contributed by atoms with E-state index in [4.69, 9.17) is 0 Å². The third-order valence-corrected chi connectivity index (χ3v) is 5.28. The van der Waals surface area contributed by atoms with Crippen LogP contribution in [0.3, 0.4) is 0 Å². The second-order valence-electron chi connectivity index (χ2n) is 5.28. The zero-order valence-corrected chi connectivity index (χ0v) is 12.3. The average molecular weight is 282 g/mol. The molecule has 0 radical (unpaired) electrons. The highest BCUT2D eigenvalue weighted by molar-refractivity contribution is 7.89. The van der Waals surface area contributed by atoms with Gasteiger partial charge in [0.1, 0.15) is 0 Å². The van der Waals surface area contributed by atoms with Crippen molar-refractivity contribution in [3.8, 4) is 0 Å². The fourth-order valence-electron chi connectivity index (χ4n) is 2.57. The first-order chi connectivity index (χ1) is 9.01. The Morgan fingerprint density at radius 1 is 1.11 bits per heavy atom. The Hall–Kier alpha value is -0.910. The van der Waals surface area contributed by atoms with Crippen LogP contribution in [0.5, 0.6) is 0 Å². The topological polar surface area (TPSA) is 58.2 Å². The van der Waals surface area contributed by atoms with Gasteiger partial charge in [-0.2, -0.15) is 0 Å². The summed E-state index contributed by atoms with van der Waals surface area (Å²) in [5.74, 6) is 0. The molecule has 1 aromatic rings. The van der Waals surface area contributed by atoms with Crippen molar-refractivity contribution in [2.24, 2.45) is 0 Å². The molecule has 0 saturated heterocycles. The minimum absolute atomic E-state index is 0.0649. The van der Waals surface area contributed by atoms with Crippen molar-refractivity contribution in [3.63, 3.8) is 0 Å². The molecule has 1 fully saturated rings. The van der Waals surface area contributed by atoms with Crippen LogP contribution in [-0.2, 0) is 10.0 Å². The lowest BCUT2D eigenvalue weighted by atomic mass is 9.92. The highest BCUT2D eigenvalue weighted by atomic mass is 32.2. The molecule has 0 aliphatic heterocycles. The molecule has 5 heteroatoms. The molecule has 4 nitrogen and oxygen atoms in total. The van der Waals surface area contributed by atoms with Gasteiger partial charge in [0.25, 0.3) is 0 Å². The van der Waals surface area contributed by atoms with Gasteiger partial charge in [0.2, 0.25) is 10.0 Å². The van der Waals surface area contributed by atoms with E-state index >= 15 is 0 Å². The normalized spacial score (nSPS) is 24.3. The SMILES string of the molecule is CNC1CCC(NS(=O)(=O)c2cccc(C)c2)CC1. The minimum Gasteiger partial charge on any atom is -0.317 e. The highest BCUT2D eigenvalue weighted by Gasteiger charge is 2.24. The number of benzene rings is 1. The molecule has 2 N–H and O–H groups in total. The summed E-state index contributed by atoms with van der Waals surface area (Å²) in [5, 5.41) is 3.25. The van der Waals surface area contributed by atoms with Crippen molar-refractivity contribution in [1.82, 2.24) is 10.0 Å². The first kappa shape index (κ1) is 14.5. The smallest absolute Gasteiger partial charge is 0.240 e. The first-order valence-corrected chi connectivity index (χ1v) is 8.26.